The molecular formula is C13H22N4. The zero-order chi connectivity index (χ0) is 12.3. The van der Waals surface area contributed by atoms with Crippen molar-refractivity contribution in [3.8, 4) is 0 Å². The molecule has 94 valence electrons. The van der Waals surface area contributed by atoms with Crippen LogP contribution in [0.1, 0.15) is 18.5 Å². The molecule has 1 fully saturated rings. The Morgan fingerprint density at radius 1 is 1.35 bits per heavy atom. The zero-order valence-corrected chi connectivity index (χ0v) is 10.8. The van der Waals surface area contributed by atoms with Gasteiger partial charge in [-0.1, -0.05) is 6.07 Å². The summed E-state index contributed by atoms with van der Waals surface area (Å²) in [5, 5.41) is 0. The molecule has 0 unspecified atom stereocenters. The summed E-state index contributed by atoms with van der Waals surface area (Å²) in [4.78, 5) is 9.25. The predicted molar refractivity (Wildman–Crippen MR) is 71.1 cm³/mol. The molecule has 0 bridgehead atoms. The molecule has 2 rings (SSSR count). The number of aromatic nitrogens is 1. The van der Waals surface area contributed by atoms with E-state index in [-0.39, 0.29) is 0 Å². The summed E-state index contributed by atoms with van der Waals surface area (Å²) in [5.74, 6) is 1.07. The average Bonchev–Trinajstić information content (AvgIpc) is 2.39. The Balaban J connectivity index is 2.00. The Morgan fingerprint density at radius 3 is 2.65 bits per heavy atom. The van der Waals surface area contributed by atoms with Crippen LogP contribution < -0.4 is 10.6 Å². The van der Waals surface area contributed by atoms with Crippen LogP contribution in [-0.2, 0) is 6.54 Å². The van der Waals surface area contributed by atoms with Crippen LogP contribution in [0.3, 0.4) is 0 Å². The first-order valence-corrected chi connectivity index (χ1v) is 6.28. The van der Waals surface area contributed by atoms with Gasteiger partial charge in [-0.2, -0.15) is 0 Å². The Hall–Kier alpha value is -1.13. The lowest BCUT2D eigenvalue weighted by Crippen LogP contribution is -2.42. The molecule has 0 spiro atoms. The second-order valence-electron chi connectivity index (χ2n) is 4.87. The number of pyridine rings is 1. The van der Waals surface area contributed by atoms with E-state index in [9.17, 15) is 0 Å². The predicted octanol–water partition coefficient (Wildman–Crippen LogP) is 1.07. The van der Waals surface area contributed by atoms with Gasteiger partial charge in [0.2, 0.25) is 0 Å². The SMILES string of the molecule is CN(C)C1CCN(c2cccc(CN)n2)CC1. The third-order valence-electron chi connectivity index (χ3n) is 3.52. The molecule has 1 aromatic heterocycles. The molecule has 0 atom stereocenters. The summed E-state index contributed by atoms with van der Waals surface area (Å²) < 4.78 is 0. The van der Waals surface area contributed by atoms with Crippen LogP contribution in [-0.4, -0.2) is 43.1 Å². The molecule has 2 N–H and O–H groups in total. The molecule has 0 saturated carbocycles. The third-order valence-corrected chi connectivity index (χ3v) is 3.52. The smallest absolute Gasteiger partial charge is 0.128 e. The van der Waals surface area contributed by atoms with Gasteiger partial charge in [0.15, 0.2) is 0 Å². The van der Waals surface area contributed by atoms with Crippen molar-refractivity contribution >= 4 is 5.82 Å². The lowest BCUT2D eigenvalue weighted by molar-refractivity contribution is 0.249. The van der Waals surface area contributed by atoms with Crippen LogP contribution in [0.25, 0.3) is 0 Å². The monoisotopic (exact) mass is 234 g/mol. The number of rotatable bonds is 3. The van der Waals surface area contributed by atoms with Crippen molar-refractivity contribution in [2.45, 2.75) is 25.4 Å². The summed E-state index contributed by atoms with van der Waals surface area (Å²) in [7, 11) is 4.32. The fourth-order valence-corrected chi connectivity index (χ4v) is 2.37. The molecule has 1 saturated heterocycles. The first-order chi connectivity index (χ1) is 8.20. The summed E-state index contributed by atoms with van der Waals surface area (Å²) in [6.45, 7) is 2.69. The molecule has 1 aliphatic heterocycles. The highest BCUT2D eigenvalue weighted by Crippen LogP contribution is 2.20. The van der Waals surface area contributed by atoms with E-state index in [1.807, 2.05) is 12.1 Å². The standard InChI is InChI=1S/C13H22N4/c1-16(2)12-6-8-17(9-7-12)13-5-3-4-11(10-14)15-13/h3-5,12H,6-10,14H2,1-2H3. The zero-order valence-electron chi connectivity index (χ0n) is 10.8. The van der Waals surface area contributed by atoms with Crippen molar-refractivity contribution in [1.29, 1.82) is 0 Å². The molecule has 1 aromatic rings. The lowest BCUT2D eigenvalue weighted by atomic mass is 10.0. The van der Waals surface area contributed by atoms with E-state index >= 15 is 0 Å². The van der Waals surface area contributed by atoms with E-state index < -0.39 is 0 Å². The van der Waals surface area contributed by atoms with E-state index in [1.54, 1.807) is 0 Å². The first kappa shape index (κ1) is 12.3. The van der Waals surface area contributed by atoms with Gasteiger partial charge in [0.25, 0.3) is 0 Å². The maximum atomic E-state index is 5.62. The highest BCUT2D eigenvalue weighted by atomic mass is 15.2. The summed E-state index contributed by atoms with van der Waals surface area (Å²) in [6, 6.07) is 6.82. The average molecular weight is 234 g/mol. The highest BCUT2D eigenvalue weighted by molar-refractivity contribution is 5.39. The Kier molecular flexibility index (Phi) is 3.97. The second kappa shape index (κ2) is 5.47. The minimum absolute atomic E-state index is 0.516. The van der Waals surface area contributed by atoms with Gasteiger partial charge in [0.1, 0.15) is 5.82 Å². The van der Waals surface area contributed by atoms with Gasteiger partial charge in [-0.25, -0.2) is 4.98 Å². The van der Waals surface area contributed by atoms with Crippen molar-refractivity contribution in [2.75, 3.05) is 32.1 Å². The molecule has 1 aliphatic rings. The quantitative estimate of drug-likeness (QED) is 0.850. The van der Waals surface area contributed by atoms with Crippen molar-refractivity contribution in [2.24, 2.45) is 5.73 Å². The van der Waals surface area contributed by atoms with Crippen LogP contribution in [0.4, 0.5) is 5.82 Å². The van der Waals surface area contributed by atoms with Crippen LogP contribution in [0.5, 0.6) is 0 Å². The van der Waals surface area contributed by atoms with Crippen molar-refractivity contribution < 1.29 is 0 Å². The van der Waals surface area contributed by atoms with Gasteiger partial charge in [0, 0.05) is 25.7 Å². The fourth-order valence-electron chi connectivity index (χ4n) is 2.37. The van der Waals surface area contributed by atoms with E-state index in [0.29, 0.717) is 12.6 Å². The normalized spacial score (nSPS) is 17.8. The summed E-state index contributed by atoms with van der Waals surface area (Å²) in [6.07, 6.45) is 2.42. The van der Waals surface area contributed by atoms with Crippen LogP contribution in [0.2, 0.25) is 0 Å². The van der Waals surface area contributed by atoms with Crippen molar-refractivity contribution in [1.82, 2.24) is 9.88 Å². The number of nitrogens with two attached hydrogens (primary N) is 1. The van der Waals surface area contributed by atoms with Gasteiger partial charge >= 0.3 is 0 Å². The second-order valence-corrected chi connectivity index (χ2v) is 4.87. The van der Waals surface area contributed by atoms with Crippen molar-refractivity contribution in [3.05, 3.63) is 23.9 Å². The Morgan fingerprint density at radius 2 is 2.06 bits per heavy atom. The largest absolute Gasteiger partial charge is 0.356 e. The minimum atomic E-state index is 0.516. The lowest BCUT2D eigenvalue weighted by Gasteiger charge is -2.35. The van der Waals surface area contributed by atoms with Gasteiger partial charge in [-0.15, -0.1) is 0 Å². The molecular weight excluding hydrogens is 212 g/mol. The van der Waals surface area contributed by atoms with Gasteiger partial charge in [-0.05, 0) is 39.1 Å². The third kappa shape index (κ3) is 2.96. The van der Waals surface area contributed by atoms with Crippen LogP contribution in [0.15, 0.2) is 18.2 Å². The molecule has 4 heteroatoms. The van der Waals surface area contributed by atoms with Crippen LogP contribution in [0, 0.1) is 0 Å². The number of anilines is 1. The summed E-state index contributed by atoms with van der Waals surface area (Å²) in [5.41, 5.74) is 6.59. The Labute approximate surface area is 103 Å². The van der Waals surface area contributed by atoms with Gasteiger partial charge in [-0.3, -0.25) is 0 Å². The van der Waals surface area contributed by atoms with E-state index in [0.717, 1.165) is 24.6 Å². The molecule has 0 aliphatic carbocycles. The number of hydrogen-bond donors (Lipinski definition) is 1. The van der Waals surface area contributed by atoms with Gasteiger partial charge < -0.3 is 15.5 Å². The Bertz CT molecular complexity index is 356. The van der Waals surface area contributed by atoms with E-state index in [4.69, 9.17) is 5.73 Å². The fraction of sp³-hybridized carbons (Fsp3) is 0.615. The molecule has 0 aromatic carbocycles. The molecule has 4 nitrogen and oxygen atoms in total. The first-order valence-electron chi connectivity index (χ1n) is 6.28. The van der Waals surface area contributed by atoms with Crippen molar-refractivity contribution in [3.63, 3.8) is 0 Å². The van der Waals surface area contributed by atoms with E-state index in [1.165, 1.54) is 12.8 Å². The number of piperidine rings is 1. The molecule has 2 heterocycles. The van der Waals surface area contributed by atoms with Gasteiger partial charge in [0.05, 0.1) is 5.69 Å². The maximum Gasteiger partial charge on any atom is 0.128 e. The summed E-state index contributed by atoms with van der Waals surface area (Å²) >= 11 is 0. The number of nitrogens with zero attached hydrogens (tertiary/aromatic N) is 3. The topological polar surface area (TPSA) is 45.4 Å². The highest BCUT2D eigenvalue weighted by Gasteiger charge is 2.21. The number of hydrogen-bond acceptors (Lipinski definition) is 4. The maximum absolute atomic E-state index is 5.62. The molecule has 0 radical (unpaired) electrons. The van der Waals surface area contributed by atoms with E-state index in [2.05, 4.69) is 34.9 Å². The minimum Gasteiger partial charge on any atom is -0.356 e. The van der Waals surface area contributed by atoms with Crippen LogP contribution >= 0.6 is 0 Å². The molecule has 17 heavy (non-hydrogen) atoms. The molecule has 0 amide bonds.